The second-order valence-corrected chi connectivity index (χ2v) is 12.1. The zero-order chi connectivity index (χ0) is 23.9. The van der Waals surface area contributed by atoms with Gasteiger partial charge in [0.2, 0.25) is 0 Å². The average molecular weight is 477 g/mol. The van der Waals surface area contributed by atoms with Crippen LogP contribution < -0.4 is 10.5 Å². The summed E-state index contributed by atoms with van der Waals surface area (Å²) < 4.78 is 32.8. The monoisotopic (exact) mass is 476 g/mol. The number of halogens is 2. The van der Waals surface area contributed by atoms with Gasteiger partial charge in [-0.05, 0) is 69.1 Å². The first-order valence-electron chi connectivity index (χ1n) is 12.0. The van der Waals surface area contributed by atoms with Gasteiger partial charge in [0.15, 0.2) is 0 Å². The fraction of sp³-hybridized carbons (Fsp3) is 0.133. The van der Waals surface area contributed by atoms with Crippen LogP contribution in [0.2, 0.25) is 0 Å². The van der Waals surface area contributed by atoms with Crippen molar-refractivity contribution in [1.29, 1.82) is 0 Å². The maximum absolute atomic E-state index is 16.4. The molecule has 0 N–H and O–H groups in total. The van der Waals surface area contributed by atoms with E-state index in [1.165, 1.54) is 5.56 Å². The van der Waals surface area contributed by atoms with Gasteiger partial charge in [0, 0.05) is 27.7 Å². The summed E-state index contributed by atoms with van der Waals surface area (Å²) in [4.78, 5) is 9.13. The molecule has 0 unspecified atom stereocenters. The quantitative estimate of drug-likeness (QED) is 0.157. The number of fused-ring (bicyclic) bond motifs is 7. The molecule has 0 bridgehead atoms. The lowest BCUT2D eigenvalue weighted by Crippen LogP contribution is -2.55. The lowest BCUT2D eigenvalue weighted by molar-refractivity contribution is 0.648. The van der Waals surface area contributed by atoms with E-state index < -0.39 is 8.74 Å². The van der Waals surface area contributed by atoms with E-state index in [0.29, 0.717) is 28.1 Å². The highest BCUT2D eigenvalue weighted by Gasteiger charge is 2.49. The van der Waals surface area contributed by atoms with Crippen molar-refractivity contribution >= 4 is 62.5 Å². The molecule has 35 heavy (non-hydrogen) atoms. The molecule has 0 amide bonds. The molecule has 7 rings (SSSR count). The number of para-hydroxylation sites is 1. The van der Waals surface area contributed by atoms with Gasteiger partial charge in [-0.3, -0.25) is 18.2 Å². The molecule has 0 radical (unpaired) electrons. The van der Waals surface area contributed by atoms with Crippen molar-refractivity contribution in [2.24, 2.45) is 5.92 Å². The van der Waals surface area contributed by atoms with Crippen molar-refractivity contribution in [2.45, 2.75) is 20.3 Å². The first-order chi connectivity index (χ1) is 16.9. The highest BCUT2D eigenvalue weighted by atomic mass is 28.4. The third-order valence-corrected chi connectivity index (χ3v) is 9.23. The van der Waals surface area contributed by atoms with Gasteiger partial charge < -0.3 is 0 Å². The van der Waals surface area contributed by atoms with E-state index in [1.807, 2.05) is 30.3 Å². The number of pyridine rings is 2. The van der Waals surface area contributed by atoms with Gasteiger partial charge in [-0.1, -0.05) is 62.4 Å². The van der Waals surface area contributed by atoms with Crippen LogP contribution in [-0.4, -0.2) is 18.7 Å². The molecular formula is C30H22F2N2Si. The van der Waals surface area contributed by atoms with E-state index in [2.05, 4.69) is 54.1 Å². The van der Waals surface area contributed by atoms with Crippen molar-refractivity contribution in [3.63, 3.8) is 0 Å². The van der Waals surface area contributed by atoms with Crippen LogP contribution in [0.15, 0.2) is 79.0 Å². The minimum absolute atomic E-state index is 0.0798. The van der Waals surface area contributed by atoms with Gasteiger partial charge in [0.25, 0.3) is 0 Å². The Morgan fingerprint density at radius 3 is 2.49 bits per heavy atom. The Hall–Kier alpha value is -3.70. The molecule has 2 aromatic heterocycles. The van der Waals surface area contributed by atoms with E-state index in [0.717, 1.165) is 38.7 Å². The molecule has 2 nitrogen and oxygen atoms in total. The molecule has 6 aromatic rings. The van der Waals surface area contributed by atoms with E-state index in [9.17, 15) is 0 Å². The summed E-state index contributed by atoms with van der Waals surface area (Å²) >= 11 is 0. The smallest absolute Gasteiger partial charge is 0.258 e. The number of aromatic nitrogens is 2. The van der Waals surface area contributed by atoms with Crippen molar-refractivity contribution in [1.82, 2.24) is 9.97 Å². The molecule has 4 aromatic carbocycles. The zero-order valence-corrected chi connectivity index (χ0v) is 20.4. The number of rotatable bonds is 2. The maximum Gasteiger partial charge on any atom is 0.506 e. The SMILES string of the molecule is CC(C)Cc1ccc2ccc3c4ccnc5c4c(cc3c2c1)[Si](F)(F)c1nc2ccccc2cc1-5. The van der Waals surface area contributed by atoms with E-state index in [4.69, 9.17) is 0 Å². The third-order valence-electron chi connectivity index (χ3n) is 7.19. The topological polar surface area (TPSA) is 25.8 Å². The van der Waals surface area contributed by atoms with E-state index >= 15 is 8.22 Å². The van der Waals surface area contributed by atoms with Gasteiger partial charge in [0.05, 0.1) is 11.2 Å². The summed E-state index contributed by atoms with van der Waals surface area (Å²) in [5.41, 5.74) is 2.91. The fourth-order valence-electron chi connectivity index (χ4n) is 5.67. The molecule has 1 aliphatic heterocycles. The molecule has 0 atom stereocenters. The lowest BCUT2D eigenvalue weighted by atomic mass is 9.93. The Kier molecular flexibility index (Phi) is 4.22. The van der Waals surface area contributed by atoms with Gasteiger partial charge >= 0.3 is 8.74 Å². The molecule has 0 saturated heterocycles. The van der Waals surface area contributed by atoms with Crippen LogP contribution in [0.1, 0.15) is 19.4 Å². The predicted molar refractivity (Wildman–Crippen MR) is 143 cm³/mol. The first kappa shape index (κ1) is 20.7. The van der Waals surface area contributed by atoms with Crippen molar-refractivity contribution in [3.8, 4) is 11.3 Å². The number of hydrogen-bond donors (Lipinski definition) is 0. The highest BCUT2D eigenvalue weighted by Crippen LogP contribution is 2.39. The van der Waals surface area contributed by atoms with Crippen LogP contribution in [-0.2, 0) is 6.42 Å². The second-order valence-electron chi connectivity index (χ2n) is 9.97. The van der Waals surface area contributed by atoms with Gasteiger partial charge in [-0.2, -0.15) is 0 Å². The van der Waals surface area contributed by atoms with Crippen LogP contribution >= 0.6 is 0 Å². The second kappa shape index (κ2) is 7.15. The minimum atomic E-state index is -5.07. The summed E-state index contributed by atoms with van der Waals surface area (Å²) in [5.74, 6) is 0.521. The van der Waals surface area contributed by atoms with Gasteiger partial charge in [-0.25, -0.2) is 0 Å². The molecule has 0 saturated carbocycles. The Labute approximate surface area is 202 Å². The van der Waals surface area contributed by atoms with Crippen LogP contribution in [0.3, 0.4) is 0 Å². The van der Waals surface area contributed by atoms with Gasteiger partial charge in [0.1, 0.15) is 5.32 Å². The Morgan fingerprint density at radius 2 is 1.63 bits per heavy atom. The Bertz CT molecular complexity index is 1840. The molecule has 3 heterocycles. The molecule has 1 aliphatic rings. The zero-order valence-electron chi connectivity index (χ0n) is 19.4. The van der Waals surface area contributed by atoms with Crippen LogP contribution in [0.5, 0.6) is 0 Å². The largest absolute Gasteiger partial charge is 0.506 e. The van der Waals surface area contributed by atoms with E-state index in [1.54, 1.807) is 18.3 Å². The van der Waals surface area contributed by atoms with Gasteiger partial charge in [-0.15, -0.1) is 0 Å². The number of hydrogen-bond acceptors (Lipinski definition) is 2. The molecular weight excluding hydrogens is 454 g/mol. The van der Waals surface area contributed by atoms with E-state index in [-0.39, 0.29) is 10.5 Å². The van der Waals surface area contributed by atoms with Crippen LogP contribution in [0.4, 0.5) is 8.22 Å². The predicted octanol–water partition coefficient (Wildman–Crippen LogP) is 6.76. The summed E-state index contributed by atoms with van der Waals surface area (Å²) in [7, 11) is -5.07. The average Bonchev–Trinajstić information content (AvgIpc) is 2.85. The van der Waals surface area contributed by atoms with Crippen molar-refractivity contribution in [2.75, 3.05) is 0 Å². The summed E-state index contributed by atoms with van der Waals surface area (Å²) in [6, 6.07) is 23.5. The lowest BCUT2D eigenvalue weighted by Gasteiger charge is -2.26. The number of nitrogens with zero attached hydrogens (tertiary/aromatic N) is 2. The van der Waals surface area contributed by atoms with Crippen molar-refractivity contribution in [3.05, 3.63) is 84.6 Å². The number of benzene rings is 4. The van der Waals surface area contributed by atoms with Crippen molar-refractivity contribution < 1.29 is 8.22 Å². The van der Waals surface area contributed by atoms with Crippen LogP contribution in [0, 0.1) is 5.92 Å². The molecule has 170 valence electrons. The maximum atomic E-state index is 16.4. The fourth-order valence-corrected chi connectivity index (χ4v) is 7.61. The van der Waals surface area contributed by atoms with Crippen LogP contribution in [0.25, 0.3) is 54.5 Å². The first-order valence-corrected chi connectivity index (χ1v) is 13.7. The summed E-state index contributed by atoms with van der Waals surface area (Å²) in [6.45, 7) is 4.39. The minimum Gasteiger partial charge on any atom is -0.258 e. The third kappa shape index (κ3) is 2.91. The molecule has 0 spiro atoms. The standard InChI is InChI=1S/C30H22F2N2Si/c1-17(2)13-18-7-8-19-9-10-21-22-11-12-33-29-25-15-20-5-3-4-6-26(20)34-30(25)35(31,32)27(28(22)29)16-24(21)23(19)14-18/h3-12,14-17H,13H2,1-2H3. The molecule has 0 aliphatic carbocycles. The molecule has 0 fully saturated rings. The molecule has 5 heteroatoms. The Balaban J connectivity index is 1.63. The Morgan fingerprint density at radius 1 is 0.800 bits per heavy atom. The summed E-state index contributed by atoms with van der Waals surface area (Å²) in [5, 5.41) is 6.28. The highest BCUT2D eigenvalue weighted by molar-refractivity contribution is 6.94. The summed E-state index contributed by atoms with van der Waals surface area (Å²) in [6.07, 6.45) is 2.69. The normalized spacial score (nSPS) is 14.3.